The third kappa shape index (κ3) is 5.90. The van der Waals surface area contributed by atoms with Crippen LogP contribution in [0.2, 0.25) is 0 Å². The van der Waals surface area contributed by atoms with Gasteiger partial charge in [-0.1, -0.05) is 0 Å². The number of benzene rings is 1. The predicted octanol–water partition coefficient (Wildman–Crippen LogP) is 4.39. The van der Waals surface area contributed by atoms with Crippen molar-refractivity contribution >= 4 is 17.8 Å². The van der Waals surface area contributed by atoms with Gasteiger partial charge in [-0.25, -0.2) is 4.39 Å². The Hall–Kier alpha value is -3.23. The van der Waals surface area contributed by atoms with E-state index in [1.54, 1.807) is 24.0 Å². The quantitative estimate of drug-likeness (QED) is 0.431. The highest BCUT2D eigenvalue weighted by molar-refractivity contribution is 6.13. The van der Waals surface area contributed by atoms with E-state index in [1.807, 2.05) is 0 Å². The molecule has 0 spiro atoms. The lowest BCUT2D eigenvalue weighted by Crippen LogP contribution is -2.30. The van der Waals surface area contributed by atoms with Crippen molar-refractivity contribution in [3.05, 3.63) is 70.4 Å². The molecule has 164 valence electrons. The van der Waals surface area contributed by atoms with Crippen molar-refractivity contribution in [2.45, 2.75) is 32.4 Å². The number of alkyl halides is 3. The van der Waals surface area contributed by atoms with Gasteiger partial charge in [-0.3, -0.25) is 14.8 Å². The molecule has 9 heteroatoms. The van der Waals surface area contributed by atoms with Gasteiger partial charge in [0.05, 0.1) is 16.8 Å². The summed E-state index contributed by atoms with van der Waals surface area (Å²) >= 11 is 0. The molecule has 0 bridgehead atoms. The molecule has 3 rings (SSSR count). The van der Waals surface area contributed by atoms with Crippen molar-refractivity contribution < 1.29 is 22.4 Å². The molecule has 5 nitrogen and oxygen atoms in total. The Morgan fingerprint density at radius 1 is 1.23 bits per heavy atom. The molecule has 31 heavy (non-hydrogen) atoms. The van der Waals surface area contributed by atoms with Crippen LogP contribution in [-0.2, 0) is 17.4 Å². The molecule has 1 aromatic heterocycles. The first-order valence-corrected chi connectivity index (χ1v) is 9.75. The van der Waals surface area contributed by atoms with E-state index in [-0.39, 0.29) is 17.9 Å². The molecule has 0 saturated carbocycles. The van der Waals surface area contributed by atoms with Gasteiger partial charge >= 0.3 is 6.18 Å². The average Bonchev–Trinajstić information content (AvgIpc) is 3.22. The Bertz CT molecular complexity index is 1020. The number of likely N-dealkylation sites (tertiary alicyclic amines) is 1. The molecule has 1 saturated heterocycles. The van der Waals surface area contributed by atoms with Crippen molar-refractivity contribution in [1.29, 1.82) is 0 Å². The second-order valence-corrected chi connectivity index (χ2v) is 7.38. The smallest absolute Gasteiger partial charge is 0.402 e. The third-order valence-corrected chi connectivity index (χ3v) is 4.86. The minimum Gasteiger partial charge on any atom is -0.402 e. The molecule has 2 aromatic rings. The molecule has 0 aliphatic carbocycles. The maximum absolute atomic E-state index is 13.6. The van der Waals surface area contributed by atoms with Gasteiger partial charge in [-0.15, -0.1) is 0 Å². The zero-order chi connectivity index (χ0) is 22.6. The summed E-state index contributed by atoms with van der Waals surface area (Å²) in [5.74, 6) is -1.15. The van der Waals surface area contributed by atoms with Gasteiger partial charge in [0.15, 0.2) is 0 Å². The fourth-order valence-corrected chi connectivity index (χ4v) is 3.32. The minimum atomic E-state index is -4.64. The molecule has 0 atom stereocenters. The van der Waals surface area contributed by atoms with Crippen LogP contribution in [0.25, 0.3) is 0 Å². The number of rotatable bonds is 5. The topological polar surface area (TPSA) is 71.6 Å². The molecule has 2 heterocycles. The lowest BCUT2D eigenvalue weighted by atomic mass is 10.0. The fraction of sp³-hybridized carbons (Fsp3) is 0.318. The highest BCUT2D eigenvalue weighted by Gasteiger charge is 2.31. The first-order valence-electron chi connectivity index (χ1n) is 9.75. The van der Waals surface area contributed by atoms with Crippen LogP contribution in [0.1, 0.15) is 36.6 Å². The van der Waals surface area contributed by atoms with Gasteiger partial charge in [-0.2, -0.15) is 13.2 Å². The van der Waals surface area contributed by atoms with E-state index in [9.17, 15) is 22.4 Å². The summed E-state index contributed by atoms with van der Waals surface area (Å²) in [7, 11) is 0. The molecular formula is C22H22F4N4O. The summed E-state index contributed by atoms with van der Waals surface area (Å²) < 4.78 is 52.4. The summed E-state index contributed by atoms with van der Waals surface area (Å²) in [5, 5.41) is 0. The van der Waals surface area contributed by atoms with Crippen LogP contribution >= 0.6 is 0 Å². The van der Waals surface area contributed by atoms with E-state index in [4.69, 9.17) is 5.73 Å². The number of halogens is 4. The lowest BCUT2D eigenvalue weighted by molar-refractivity contribution is -0.137. The average molecular weight is 434 g/mol. The van der Waals surface area contributed by atoms with Gasteiger partial charge < -0.3 is 10.6 Å². The minimum absolute atomic E-state index is 0.00444. The summed E-state index contributed by atoms with van der Waals surface area (Å²) in [5.41, 5.74) is 6.45. The number of carbonyl (C=O) groups is 1. The molecule has 1 aliphatic rings. The number of nitrogens with two attached hydrogens (primary N) is 1. The van der Waals surface area contributed by atoms with Crippen LogP contribution in [0.3, 0.4) is 0 Å². The number of nitrogens with zero attached hydrogens (tertiary/aromatic N) is 3. The van der Waals surface area contributed by atoms with E-state index in [1.165, 1.54) is 12.4 Å². The summed E-state index contributed by atoms with van der Waals surface area (Å²) in [4.78, 5) is 22.8. The fourth-order valence-electron chi connectivity index (χ4n) is 3.32. The Morgan fingerprint density at radius 2 is 1.94 bits per heavy atom. The van der Waals surface area contributed by atoms with Crippen LogP contribution in [0.15, 0.2) is 52.8 Å². The molecule has 2 N–H and O–H groups in total. The third-order valence-electron chi connectivity index (χ3n) is 4.86. The maximum Gasteiger partial charge on any atom is 0.416 e. The second-order valence-electron chi connectivity index (χ2n) is 7.38. The van der Waals surface area contributed by atoms with E-state index < -0.39 is 17.6 Å². The lowest BCUT2D eigenvalue weighted by Gasteiger charge is -2.16. The number of hydrogen-bond donors (Lipinski definition) is 1. The second kappa shape index (κ2) is 9.28. The van der Waals surface area contributed by atoms with Crippen molar-refractivity contribution in [1.82, 2.24) is 9.88 Å². The van der Waals surface area contributed by atoms with E-state index in [0.29, 0.717) is 41.8 Å². The van der Waals surface area contributed by atoms with Crippen LogP contribution in [-0.4, -0.2) is 35.1 Å². The summed E-state index contributed by atoms with van der Waals surface area (Å²) in [6.45, 7) is 2.97. The summed E-state index contributed by atoms with van der Waals surface area (Å²) in [6.07, 6.45) is 0.0932. The van der Waals surface area contributed by atoms with E-state index in [2.05, 4.69) is 9.98 Å². The Kier molecular flexibility index (Phi) is 6.72. The van der Waals surface area contributed by atoms with Crippen LogP contribution in [0.5, 0.6) is 0 Å². The van der Waals surface area contributed by atoms with Gasteiger partial charge in [0.1, 0.15) is 5.82 Å². The molecule has 1 fully saturated rings. The summed E-state index contributed by atoms with van der Waals surface area (Å²) in [6, 6.07) is 5.56. The van der Waals surface area contributed by atoms with Crippen LogP contribution in [0, 0.1) is 5.82 Å². The van der Waals surface area contributed by atoms with E-state index >= 15 is 0 Å². The Labute approximate surface area is 177 Å². The number of hydrogen-bond acceptors (Lipinski definition) is 4. The highest BCUT2D eigenvalue weighted by Crippen LogP contribution is 2.31. The molecule has 1 aliphatic heterocycles. The number of pyridine rings is 1. The standard InChI is InChI=1S/C22H22F4N4O/c1-14(27)20(21(31)30-6-2-3-7-30)13-29-18-4-5-28-19(12-18)10-15-8-16(22(24,25)26)11-17(23)9-15/h4-5,8-9,11-13H,2-3,6-7,10,27H2,1H3. The number of amides is 1. The number of aliphatic imine (C=N–C) groups is 1. The zero-order valence-corrected chi connectivity index (χ0v) is 16.9. The van der Waals surface area contributed by atoms with E-state index in [0.717, 1.165) is 25.0 Å². The van der Waals surface area contributed by atoms with Gasteiger partial charge in [-0.05, 0) is 55.7 Å². The number of aromatic nitrogens is 1. The van der Waals surface area contributed by atoms with Gasteiger partial charge in [0, 0.05) is 43.3 Å². The zero-order valence-electron chi connectivity index (χ0n) is 16.9. The first kappa shape index (κ1) is 22.5. The molecule has 1 amide bonds. The number of carbonyl (C=O) groups excluding carboxylic acids is 1. The number of allylic oxidation sites excluding steroid dienone is 1. The molecule has 0 radical (unpaired) electrons. The highest BCUT2D eigenvalue weighted by atomic mass is 19.4. The van der Waals surface area contributed by atoms with Crippen LogP contribution < -0.4 is 5.73 Å². The largest absolute Gasteiger partial charge is 0.416 e. The monoisotopic (exact) mass is 434 g/mol. The maximum atomic E-state index is 13.6. The first-order chi connectivity index (χ1) is 14.6. The van der Waals surface area contributed by atoms with Gasteiger partial charge in [0.2, 0.25) is 0 Å². The predicted molar refractivity (Wildman–Crippen MR) is 109 cm³/mol. The SMILES string of the molecule is CC(N)=C(C=Nc1ccnc(Cc2cc(F)cc(C(F)(F)F)c2)c1)C(=O)N1CCCC1. The Balaban J connectivity index is 1.79. The van der Waals surface area contributed by atoms with Crippen molar-refractivity contribution in [2.24, 2.45) is 10.7 Å². The molecular weight excluding hydrogens is 412 g/mol. The van der Waals surface area contributed by atoms with Crippen molar-refractivity contribution in [3.63, 3.8) is 0 Å². The van der Waals surface area contributed by atoms with Crippen LogP contribution in [0.4, 0.5) is 23.2 Å². The Morgan fingerprint density at radius 3 is 2.58 bits per heavy atom. The van der Waals surface area contributed by atoms with Crippen molar-refractivity contribution in [2.75, 3.05) is 13.1 Å². The van der Waals surface area contributed by atoms with Gasteiger partial charge in [0.25, 0.3) is 5.91 Å². The molecule has 1 aromatic carbocycles. The molecule has 0 unspecified atom stereocenters. The van der Waals surface area contributed by atoms with Crippen molar-refractivity contribution in [3.8, 4) is 0 Å². The normalized spacial score (nSPS) is 15.5.